The summed E-state index contributed by atoms with van der Waals surface area (Å²) in [5.74, 6) is 0.935. The monoisotopic (exact) mass is 248 g/mol. The molecule has 0 unspecified atom stereocenters. The van der Waals surface area contributed by atoms with Crippen LogP contribution in [0.3, 0.4) is 0 Å². The van der Waals surface area contributed by atoms with Gasteiger partial charge in [-0.3, -0.25) is 0 Å². The molecule has 2 N–H and O–H groups in total. The van der Waals surface area contributed by atoms with Crippen molar-refractivity contribution in [2.75, 3.05) is 37.3 Å². The zero-order valence-corrected chi connectivity index (χ0v) is 11.7. The predicted molar refractivity (Wildman–Crippen MR) is 76.9 cm³/mol. The van der Waals surface area contributed by atoms with Gasteiger partial charge in [0.25, 0.3) is 0 Å². The molecule has 1 fully saturated rings. The van der Waals surface area contributed by atoms with Gasteiger partial charge in [-0.1, -0.05) is 6.92 Å². The molecule has 0 spiro atoms. The lowest BCUT2D eigenvalue weighted by atomic mass is 10.0. The molecule has 1 aliphatic rings. The van der Waals surface area contributed by atoms with Gasteiger partial charge >= 0.3 is 0 Å². The molecule has 0 amide bonds. The highest BCUT2D eigenvalue weighted by molar-refractivity contribution is 5.66. The lowest BCUT2D eigenvalue weighted by Crippen LogP contribution is -2.43. The zero-order chi connectivity index (χ0) is 13.1. The number of pyridine rings is 1. The summed E-state index contributed by atoms with van der Waals surface area (Å²) in [5, 5.41) is 0. The Bertz CT molecular complexity index is 397. The molecule has 1 aromatic heterocycles. The maximum absolute atomic E-state index is 6.13. The SMILES string of the molecule is CCN1CCC(N(C)c2nccc(C)c2N)CC1. The number of rotatable bonds is 3. The van der Waals surface area contributed by atoms with E-state index >= 15 is 0 Å². The molecule has 0 saturated carbocycles. The van der Waals surface area contributed by atoms with E-state index in [-0.39, 0.29) is 0 Å². The van der Waals surface area contributed by atoms with Gasteiger partial charge in [0.2, 0.25) is 0 Å². The van der Waals surface area contributed by atoms with E-state index in [0.717, 1.165) is 23.6 Å². The van der Waals surface area contributed by atoms with Crippen LogP contribution < -0.4 is 10.6 Å². The molecule has 2 heterocycles. The van der Waals surface area contributed by atoms with Gasteiger partial charge in [0.05, 0.1) is 5.69 Å². The van der Waals surface area contributed by atoms with Crippen LogP contribution in [0.5, 0.6) is 0 Å². The Labute approximate surface area is 110 Å². The van der Waals surface area contributed by atoms with Crippen LogP contribution in [0.4, 0.5) is 11.5 Å². The third-order valence-corrected chi connectivity index (χ3v) is 4.07. The van der Waals surface area contributed by atoms with E-state index in [2.05, 4.69) is 28.8 Å². The van der Waals surface area contributed by atoms with E-state index in [9.17, 15) is 0 Å². The van der Waals surface area contributed by atoms with Crippen LogP contribution in [-0.4, -0.2) is 42.6 Å². The summed E-state index contributed by atoms with van der Waals surface area (Å²) in [4.78, 5) is 9.20. The van der Waals surface area contributed by atoms with Crippen molar-refractivity contribution in [2.24, 2.45) is 0 Å². The van der Waals surface area contributed by atoms with Gasteiger partial charge in [-0.15, -0.1) is 0 Å². The Morgan fingerprint density at radius 1 is 1.44 bits per heavy atom. The summed E-state index contributed by atoms with van der Waals surface area (Å²) in [5.41, 5.74) is 8.06. The summed E-state index contributed by atoms with van der Waals surface area (Å²) >= 11 is 0. The second-order valence-electron chi connectivity index (χ2n) is 5.14. The van der Waals surface area contributed by atoms with E-state index in [0.29, 0.717) is 6.04 Å². The van der Waals surface area contributed by atoms with E-state index in [1.54, 1.807) is 0 Å². The second kappa shape index (κ2) is 5.57. The topological polar surface area (TPSA) is 45.4 Å². The number of piperidine rings is 1. The van der Waals surface area contributed by atoms with E-state index in [1.165, 1.54) is 25.9 Å². The third-order valence-electron chi connectivity index (χ3n) is 4.07. The normalized spacial score (nSPS) is 17.9. The van der Waals surface area contributed by atoms with Crippen molar-refractivity contribution in [1.82, 2.24) is 9.88 Å². The quantitative estimate of drug-likeness (QED) is 0.887. The first-order valence-electron chi connectivity index (χ1n) is 6.79. The molecule has 0 atom stereocenters. The maximum Gasteiger partial charge on any atom is 0.152 e. The minimum absolute atomic E-state index is 0.560. The van der Waals surface area contributed by atoms with Crippen LogP contribution in [0.1, 0.15) is 25.3 Å². The van der Waals surface area contributed by atoms with Gasteiger partial charge in [-0.05, 0) is 37.9 Å². The van der Waals surface area contributed by atoms with Crippen LogP contribution in [0.25, 0.3) is 0 Å². The molecule has 100 valence electrons. The molecule has 1 aromatic rings. The molecule has 0 bridgehead atoms. The fraction of sp³-hybridized carbons (Fsp3) is 0.643. The number of likely N-dealkylation sites (tertiary alicyclic amines) is 1. The summed E-state index contributed by atoms with van der Waals surface area (Å²) in [6, 6.07) is 2.52. The van der Waals surface area contributed by atoms with Gasteiger partial charge in [-0.25, -0.2) is 4.98 Å². The van der Waals surface area contributed by atoms with Crippen LogP contribution in [0, 0.1) is 6.92 Å². The number of anilines is 2. The lowest BCUT2D eigenvalue weighted by molar-refractivity contribution is 0.220. The summed E-state index contributed by atoms with van der Waals surface area (Å²) in [6.45, 7) is 7.77. The molecular weight excluding hydrogens is 224 g/mol. The molecule has 0 aliphatic carbocycles. The second-order valence-corrected chi connectivity index (χ2v) is 5.14. The van der Waals surface area contributed by atoms with Gasteiger partial charge in [-0.2, -0.15) is 0 Å². The molecule has 1 aliphatic heterocycles. The van der Waals surface area contributed by atoms with Gasteiger partial charge in [0.1, 0.15) is 0 Å². The Morgan fingerprint density at radius 2 is 2.11 bits per heavy atom. The first-order valence-corrected chi connectivity index (χ1v) is 6.79. The maximum atomic E-state index is 6.13. The van der Waals surface area contributed by atoms with Crippen molar-refractivity contribution in [3.05, 3.63) is 17.8 Å². The third kappa shape index (κ3) is 2.58. The fourth-order valence-electron chi connectivity index (χ4n) is 2.63. The molecule has 4 heteroatoms. The highest BCUT2D eigenvalue weighted by atomic mass is 15.2. The molecular formula is C14H24N4. The molecule has 0 radical (unpaired) electrons. The Hall–Kier alpha value is -1.29. The minimum atomic E-state index is 0.560. The average Bonchev–Trinajstić information content (AvgIpc) is 2.41. The van der Waals surface area contributed by atoms with Gasteiger partial charge in [0, 0.05) is 32.4 Å². The summed E-state index contributed by atoms with van der Waals surface area (Å²) in [7, 11) is 2.12. The van der Waals surface area contributed by atoms with E-state index < -0.39 is 0 Å². The van der Waals surface area contributed by atoms with Crippen LogP contribution in [0.15, 0.2) is 12.3 Å². The molecule has 0 aromatic carbocycles. The smallest absolute Gasteiger partial charge is 0.152 e. The number of nitrogen functional groups attached to an aromatic ring is 1. The lowest BCUT2D eigenvalue weighted by Gasteiger charge is -2.37. The number of hydrogen-bond donors (Lipinski definition) is 1. The first kappa shape index (κ1) is 13.1. The first-order chi connectivity index (χ1) is 8.63. The summed E-state index contributed by atoms with van der Waals surface area (Å²) < 4.78 is 0. The highest BCUT2D eigenvalue weighted by Crippen LogP contribution is 2.26. The largest absolute Gasteiger partial charge is 0.396 e. The molecule has 1 saturated heterocycles. The van der Waals surface area contributed by atoms with E-state index in [1.807, 2.05) is 19.2 Å². The molecule has 4 nitrogen and oxygen atoms in total. The molecule has 18 heavy (non-hydrogen) atoms. The van der Waals surface area contributed by atoms with Crippen molar-refractivity contribution in [2.45, 2.75) is 32.7 Å². The Kier molecular flexibility index (Phi) is 4.07. The number of hydrogen-bond acceptors (Lipinski definition) is 4. The van der Waals surface area contributed by atoms with Crippen molar-refractivity contribution in [3.63, 3.8) is 0 Å². The van der Waals surface area contributed by atoms with Crippen LogP contribution in [0.2, 0.25) is 0 Å². The average molecular weight is 248 g/mol. The standard InChI is InChI=1S/C14H24N4/c1-4-18-9-6-12(7-10-18)17(3)14-13(15)11(2)5-8-16-14/h5,8,12H,4,6-7,9-10,15H2,1-3H3. The number of nitrogens with two attached hydrogens (primary N) is 1. The Balaban J connectivity index is 2.08. The van der Waals surface area contributed by atoms with Gasteiger partial charge in [0.15, 0.2) is 5.82 Å². The highest BCUT2D eigenvalue weighted by Gasteiger charge is 2.23. The Morgan fingerprint density at radius 3 is 2.72 bits per heavy atom. The van der Waals surface area contributed by atoms with Crippen LogP contribution in [-0.2, 0) is 0 Å². The predicted octanol–water partition coefficient (Wildman–Crippen LogP) is 1.89. The minimum Gasteiger partial charge on any atom is -0.396 e. The van der Waals surface area contributed by atoms with Crippen molar-refractivity contribution >= 4 is 11.5 Å². The number of aromatic nitrogens is 1. The van der Waals surface area contributed by atoms with Gasteiger partial charge < -0.3 is 15.5 Å². The van der Waals surface area contributed by atoms with Crippen molar-refractivity contribution in [3.8, 4) is 0 Å². The zero-order valence-electron chi connectivity index (χ0n) is 11.7. The fourth-order valence-corrected chi connectivity index (χ4v) is 2.63. The van der Waals surface area contributed by atoms with Crippen LogP contribution >= 0.6 is 0 Å². The number of nitrogens with zero attached hydrogens (tertiary/aromatic N) is 3. The number of aryl methyl sites for hydroxylation is 1. The van der Waals surface area contributed by atoms with Crippen molar-refractivity contribution < 1.29 is 0 Å². The summed E-state index contributed by atoms with van der Waals surface area (Å²) in [6.07, 6.45) is 4.23. The molecule has 2 rings (SSSR count). The van der Waals surface area contributed by atoms with E-state index in [4.69, 9.17) is 5.73 Å². The van der Waals surface area contributed by atoms with Crippen molar-refractivity contribution in [1.29, 1.82) is 0 Å².